The van der Waals surface area contributed by atoms with Crippen LogP contribution in [-0.4, -0.2) is 40.9 Å². The van der Waals surface area contributed by atoms with Crippen molar-refractivity contribution in [3.8, 4) is 11.4 Å². The number of nitrogens with two attached hydrogens (primary N) is 1. The van der Waals surface area contributed by atoms with E-state index in [1.807, 2.05) is 38.1 Å². The number of benzene rings is 1. The lowest BCUT2D eigenvalue weighted by Crippen LogP contribution is -2.40. The van der Waals surface area contributed by atoms with Crippen molar-refractivity contribution in [3.63, 3.8) is 0 Å². The molecule has 1 aromatic carbocycles. The average molecular weight is 302 g/mol. The standard InChI is InChI=1S/C15H22N6O/c1-10(9-22-3)18-15(16)17-8-12-5-4-6-13(7-12)14-19-11(2)20-21-14/h4-7,10H,8-9H2,1-3H3,(H3,16,17,18)(H,19,20,21). The summed E-state index contributed by atoms with van der Waals surface area (Å²) in [5.41, 5.74) is 7.86. The molecular formula is C15H22N6O. The number of aryl methyl sites for hydroxylation is 1. The van der Waals surface area contributed by atoms with E-state index in [0.717, 1.165) is 17.0 Å². The molecule has 1 heterocycles. The largest absolute Gasteiger partial charge is 0.383 e. The van der Waals surface area contributed by atoms with Gasteiger partial charge < -0.3 is 15.8 Å². The van der Waals surface area contributed by atoms with Gasteiger partial charge in [0, 0.05) is 18.7 Å². The number of nitrogens with one attached hydrogen (secondary N) is 2. The summed E-state index contributed by atoms with van der Waals surface area (Å²) in [4.78, 5) is 8.66. The lowest BCUT2D eigenvalue weighted by atomic mass is 10.1. The van der Waals surface area contributed by atoms with Crippen LogP contribution in [0.25, 0.3) is 11.4 Å². The van der Waals surface area contributed by atoms with E-state index in [0.29, 0.717) is 24.9 Å². The Balaban J connectivity index is 2.01. The maximum absolute atomic E-state index is 5.86. The van der Waals surface area contributed by atoms with Crippen LogP contribution in [-0.2, 0) is 11.3 Å². The van der Waals surface area contributed by atoms with E-state index in [1.165, 1.54) is 0 Å². The molecule has 0 aliphatic rings. The number of aromatic amines is 1. The second kappa shape index (κ2) is 7.56. The summed E-state index contributed by atoms with van der Waals surface area (Å²) in [5.74, 6) is 1.88. The van der Waals surface area contributed by atoms with Crippen LogP contribution in [0.15, 0.2) is 29.3 Å². The molecule has 0 radical (unpaired) electrons. The van der Waals surface area contributed by atoms with E-state index in [4.69, 9.17) is 10.5 Å². The quantitative estimate of drug-likeness (QED) is 0.550. The van der Waals surface area contributed by atoms with E-state index >= 15 is 0 Å². The highest BCUT2D eigenvalue weighted by atomic mass is 16.5. The predicted octanol–water partition coefficient (Wildman–Crippen LogP) is 1.22. The van der Waals surface area contributed by atoms with Crippen molar-refractivity contribution in [2.75, 3.05) is 13.7 Å². The smallest absolute Gasteiger partial charge is 0.189 e. The Morgan fingerprint density at radius 3 is 3.00 bits per heavy atom. The van der Waals surface area contributed by atoms with Crippen molar-refractivity contribution in [1.29, 1.82) is 0 Å². The van der Waals surface area contributed by atoms with Crippen LogP contribution in [0, 0.1) is 6.92 Å². The van der Waals surface area contributed by atoms with Crippen molar-refractivity contribution < 1.29 is 4.74 Å². The number of guanidine groups is 1. The van der Waals surface area contributed by atoms with Gasteiger partial charge in [-0.25, -0.2) is 9.98 Å². The van der Waals surface area contributed by atoms with Crippen molar-refractivity contribution in [2.45, 2.75) is 26.4 Å². The molecule has 2 rings (SSSR count). The molecule has 0 spiro atoms. The maximum Gasteiger partial charge on any atom is 0.189 e. The third-order valence-corrected chi connectivity index (χ3v) is 3.03. The molecule has 0 amide bonds. The minimum Gasteiger partial charge on any atom is -0.383 e. The third-order valence-electron chi connectivity index (χ3n) is 3.03. The Hall–Kier alpha value is -2.41. The molecule has 0 bridgehead atoms. The highest BCUT2D eigenvalue weighted by molar-refractivity contribution is 5.78. The van der Waals surface area contributed by atoms with Gasteiger partial charge in [0.1, 0.15) is 5.82 Å². The molecule has 118 valence electrons. The number of aliphatic imine (C=N–C) groups is 1. The molecule has 0 aliphatic heterocycles. The number of rotatable bonds is 6. The molecule has 1 aromatic heterocycles. The number of aromatic nitrogens is 3. The van der Waals surface area contributed by atoms with E-state index in [1.54, 1.807) is 7.11 Å². The van der Waals surface area contributed by atoms with Gasteiger partial charge in [-0.15, -0.1) is 0 Å². The summed E-state index contributed by atoms with van der Waals surface area (Å²) >= 11 is 0. The minimum atomic E-state index is 0.122. The van der Waals surface area contributed by atoms with E-state index in [9.17, 15) is 0 Å². The number of hydrogen-bond donors (Lipinski definition) is 3. The molecule has 22 heavy (non-hydrogen) atoms. The van der Waals surface area contributed by atoms with Crippen molar-refractivity contribution in [1.82, 2.24) is 20.5 Å². The number of methoxy groups -OCH3 is 1. The van der Waals surface area contributed by atoms with Gasteiger partial charge in [0.05, 0.1) is 13.2 Å². The van der Waals surface area contributed by atoms with Crippen LogP contribution < -0.4 is 11.1 Å². The number of H-pyrrole nitrogens is 1. The predicted molar refractivity (Wildman–Crippen MR) is 86.4 cm³/mol. The zero-order valence-corrected chi connectivity index (χ0v) is 13.1. The fourth-order valence-corrected chi connectivity index (χ4v) is 2.05. The highest BCUT2D eigenvalue weighted by Crippen LogP contribution is 2.16. The average Bonchev–Trinajstić information content (AvgIpc) is 2.92. The van der Waals surface area contributed by atoms with Gasteiger partial charge in [0.25, 0.3) is 0 Å². The molecule has 1 unspecified atom stereocenters. The van der Waals surface area contributed by atoms with Crippen LogP contribution >= 0.6 is 0 Å². The van der Waals surface area contributed by atoms with Gasteiger partial charge >= 0.3 is 0 Å². The van der Waals surface area contributed by atoms with Crippen LogP contribution in [0.3, 0.4) is 0 Å². The summed E-state index contributed by atoms with van der Waals surface area (Å²) in [6.45, 7) is 4.93. The molecule has 2 aromatic rings. The second-order valence-corrected chi connectivity index (χ2v) is 5.15. The molecule has 0 saturated carbocycles. The van der Waals surface area contributed by atoms with E-state index in [2.05, 4.69) is 25.5 Å². The van der Waals surface area contributed by atoms with Gasteiger partial charge in [0.15, 0.2) is 11.8 Å². The fourth-order valence-electron chi connectivity index (χ4n) is 2.05. The first-order valence-corrected chi connectivity index (χ1v) is 7.12. The van der Waals surface area contributed by atoms with E-state index in [-0.39, 0.29) is 6.04 Å². The fraction of sp³-hybridized carbons (Fsp3) is 0.400. The Labute approximate surface area is 130 Å². The van der Waals surface area contributed by atoms with Crippen molar-refractivity contribution in [2.24, 2.45) is 10.7 Å². The first-order chi connectivity index (χ1) is 10.6. The Morgan fingerprint density at radius 1 is 1.50 bits per heavy atom. The van der Waals surface area contributed by atoms with Gasteiger partial charge in [-0.05, 0) is 25.5 Å². The van der Waals surface area contributed by atoms with E-state index < -0.39 is 0 Å². The summed E-state index contributed by atoms with van der Waals surface area (Å²) in [6.07, 6.45) is 0. The first-order valence-electron chi connectivity index (χ1n) is 7.12. The maximum atomic E-state index is 5.86. The third kappa shape index (κ3) is 4.56. The van der Waals surface area contributed by atoms with Gasteiger partial charge in [-0.1, -0.05) is 18.2 Å². The van der Waals surface area contributed by atoms with Crippen molar-refractivity contribution in [3.05, 3.63) is 35.7 Å². The summed E-state index contributed by atoms with van der Waals surface area (Å²) in [5, 5.41) is 10.1. The molecule has 0 aliphatic carbocycles. The monoisotopic (exact) mass is 302 g/mol. The molecule has 0 fully saturated rings. The molecule has 1 atom stereocenters. The number of hydrogen-bond acceptors (Lipinski definition) is 4. The summed E-state index contributed by atoms with van der Waals surface area (Å²) in [6, 6.07) is 8.06. The van der Waals surface area contributed by atoms with Crippen molar-refractivity contribution >= 4 is 5.96 Å². The molecule has 7 nitrogen and oxygen atoms in total. The van der Waals surface area contributed by atoms with Crippen LogP contribution in [0.5, 0.6) is 0 Å². The number of ether oxygens (including phenoxy) is 1. The minimum absolute atomic E-state index is 0.122. The summed E-state index contributed by atoms with van der Waals surface area (Å²) in [7, 11) is 1.65. The molecule has 4 N–H and O–H groups in total. The second-order valence-electron chi connectivity index (χ2n) is 5.15. The Morgan fingerprint density at radius 2 is 2.32 bits per heavy atom. The normalized spacial score (nSPS) is 13.1. The number of nitrogens with zero attached hydrogens (tertiary/aromatic N) is 3. The zero-order valence-electron chi connectivity index (χ0n) is 13.1. The lowest BCUT2D eigenvalue weighted by molar-refractivity contribution is 0.179. The van der Waals surface area contributed by atoms with Crippen LogP contribution in [0.1, 0.15) is 18.3 Å². The Kier molecular flexibility index (Phi) is 5.48. The van der Waals surface area contributed by atoms with Crippen LogP contribution in [0.4, 0.5) is 0 Å². The molecular weight excluding hydrogens is 280 g/mol. The molecule has 7 heteroatoms. The lowest BCUT2D eigenvalue weighted by Gasteiger charge is -2.13. The SMILES string of the molecule is COCC(C)NC(N)=NCc1cccc(-c2n[nH]c(C)n2)c1. The molecule has 0 saturated heterocycles. The topological polar surface area (TPSA) is 101 Å². The first kappa shape index (κ1) is 16.0. The Bertz CT molecular complexity index is 636. The van der Waals surface area contributed by atoms with Gasteiger partial charge in [-0.3, -0.25) is 5.10 Å². The van der Waals surface area contributed by atoms with Gasteiger partial charge in [-0.2, -0.15) is 5.10 Å². The summed E-state index contributed by atoms with van der Waals surface area (Å²) < 4.78 is 5.04. The van der Waals surface area contributed by atoms with Gasteiger partial charge in [0.2, 0.25) is 0 Å². The highest BCUT2D eigenvalue weighted by Gasteiger charge is 2.05. The zero-order chi connectivity index (χ0) is 15.9. The van der Waals surface area contributed by atoms with Crippen LogP contribution in [0.2, 0.25) is 0 Å².